The van der Waals surface area contributed by atoms with Gasteiger partial charge in [-0.15, -0.1) is 0 Å². The average molecular weight is 352 g/mol. The third-order valence-corrected chi connectivity index (χ3v) is 3.25. The fraction of sp³-hybridized carbons (Fsp3) is 0.0667. The molecule has 0 aliphatic rings. The largest absolute Gasteiger partial charge is 0.465 e. The van der Waals surface area contributed by atoms with Crippen LogP contribution in [0, 0.1) is 5.82 Å². The summed E-state index contributed by atoms with van der Waals surface area (Å²) < 4.78 is 18.9. The first kappa shape index (κ1) is 15.2. The molecule has 0 heterocycles. The van der Waals surface area contributed by atoms with Crippen LogP contribution >= 0.6 is 15.9 Å². The quantitative estimate of drug-likeness (QED) is 0.859. The van der Waals surface area contributed by atoms with Crippen LogP contribution in [-0.4, -0.2) is 19.0 Å². The second-order valence-corrected chi connectivity index (χ2v) is 5.03. The van der Waals surface area contributed by atoms with E-state index in [1.54, 1.807) is 12.1 Å². The molecule has 0 atom stereocenters. The number of carbonyl (C=O) groups is 2. The molecule has 0 unspecified atom stereocenters. The van der Waals surface area contributed by atoms with E-state index in [0.29, 0.717) is 4.47 Å². The van der Waals surface area contributed by atoms with Gasteiger partial charge >= 0.3 is 5.97 Å². The molecule has 0 spiro atoms. The molecule has 0 fully saturated rings. The maximum atomic E-state index is 13.6. The van der Waals surface area contributed by atoms with Crippen molar-refractivity contribution in [3.8, 4) is 0 Å². The number of anilines is 1. The molecule has 2 aromatic carbocycles. The second kappa shape index (κ2) is 6.49. The number of esters is 1. The van der Waals surface area contributed by atoms with Crippen LogP contribution in [0.25, 0.3) is 0 Å². The Labute approximate surface area is 129 Å². The van der Waals surface area contributed by atoms with Crippen LogP contribution in [0.3, 0.4) is 0 Å². The molecule has 2 rings (SSSR count). The Hall–Kier alpha value is -2.21. The van der Waals surface area contributed by atoms with Gasteiger partial charge in [-0.2, -0.15) is 0 Å². The standard InChI is InChI=1S/C15H11BrFNO3/c1-21-15(20)11-8-9(16)6-7-13(11)18-14(19)10-4-2-3-5-12(10)17/h2-8H,1H3,(H,18,19). The summed E-state index contributed by atoms with van der Waals surface area (Å²) >= 11 is 3.24. The number of rotatable bonds is 3. The third-order valence-electron chi connectivity index (χ3n) is 2.75. The zero-order valence-corrected chi connectivity index (χ0v) is 12.6. The van der Waals surface area contributed by atoms with Crippen LogP contribution in [0.2, 0.25) is 0 Å². The summed E-state index contributed by atoms with van der Waals surface area (Å²) in [5.41, 5.74) is 0.325. The predicted molar refractivity (Wildman–Crippen MR) is 79.8 cm³/mol. The predicted octanol–water partition coefficient (Wildman–Crippen LogP) is 3.63. The van der Waals surface area contributed by atoms with Gasteiger partial charge in [0, 0.05) is 4.47 Å². The number of amides is 1. The molecular weight excluding hydrogens is 341 g/mol. The molecule has 21 heavy (non-hydrogen) atoms. The van der Waals surface area contributed by atoms with E-state index in [-0.39, 0.29) is 16.8 Å². The molecule has 0 aliphatic carbocycles. The Kier molecular flexibility index (Phi) is 4.70. The second-order valence-electron chi connectivity index (χ2n) is 4.12. The molecule has 0 aromatic heterocycles. The van der Waals surface area contributed by atoms with Crippen LogP contribution in [-0.2, 0) is 4.74 Å². The minimum absolute atomic E-state index is 0.101. The Morgan fingerprint density at radius 2 is 1.86 bits per heavy atom. The monoisotopic (exact) mass is 351 g/mol. The number of nitrogens with one attached hydrogen (secondary N) is 1. The van der Waals surface area contributed by atoms with Gasteiger partial charge in [0.15, 0.2) is 0 Å². The fourth-order valence-corrected chi connectivity index (χ4v) is 2.10. The summed E-state index contributed by atoms with van der Waals surface area (Å²) in [7, 11) is 1.24. The number of hydrogen-bond acceptors (Lipinski definition) is 3. The van der Waals surface area contributed by atoms with Gasteiger partial charge in [-0.25, -0.2) is 9.18 Å². The molecule has 108 valence electrons. The fourth-order valence-electron chi connectivity index (χ4n) is 1.74. The van der Waals surface area contributed by atoms with E-state index in [1.165, 1.54) is 37.4 Å². The Morgan fingerprint density at radius 3 is 2.52 bits per heavy atom. The van der Waals surface area contributed by atoms with E-state index >= 15 is 0 Å². The van der Waals surface area contributed by atoms with Crippen LogP contribution in [0.4, 0.5) is 10.1 Å². The zero-order valence-electron chi connectivity index (χ0n) is 11.0. The topological polar surface area (TPSA) is 55.4 Å². The zero-order chi connectivity index (χ0) is 15.4. The van der Waals surface area contributed by atoms with Gasteiger partial charge in [-0.1, -0.05) is 28.1 Å². The van der Waals surface area contributed by atoms with Crippen molar-refractivity contribution in [2.24, 2.45) is 0 Å². The molecule has 4 nitrogen and oxygen atoms in total. The molecule has 0 bridgehead atoms. The van der Waals surface area contributed by atoms with Crippen LogP contribution < -0.4 is 5.32 Å². The van der Waals surface area contributed by atoms with Crippen molar-refractivity contribution in [2.45, 2.75) is 0 Å². The van der Waals surface area contributed by atoms with Gasteiger partial charge in [0.05, 0.1) is 23.9 Å². The highest BCUT2D eigenvalue weighted by Gasteiger charge is 2.17. The molecule has 2 aromatic rings. The van der Waals surface area contributed by atoms with Crippen LogP contribution in [0.15, 0.2) is 46.9 Å². The summed E-state index contributed by atoms with van der Waals surface area (Å²) in [4.78, 5) is 23.8. The maximum Gasteiger partial charge on any atom is 0.340 e. The van der Waals surface area contributed by atoms with Gasteiger partial charge in [0.1, 0.15) is 5.82 Å². The highest BCUT2D eigenvalue weighted by molar-refractivity contribution is 9.10. The first-order chi connectivity index (χ1) is 10.0. The minimum Gasteiger partial charge on any atom is -0.465 e. The molecule has 1 amide bonds. The van der Waals surface area contributed by atoms with Gasteiger partial charge in [-0.3, -0.25) is 4.79 Å². The summed E-state index contributed by atoms with van der Waals surface area (Å²) in [6, 6.07) is 10.3. The lowest BCUT2D eigenvalue weighted by atomic mass is 10.1. The molecule has 0 aliphatic heterocycles. The highest BCUT2D eigenvalue weighted by Crippen LogP contribution is 2.23. The molecule has 0 saturated carbocycles. The van der Waals surface area contributed by atoms with Gasteiger partial charge in [0.25, 0.3) is 5.91 Å². The lowest BCUT2D eigenvalue weighted by molar-refractivity contribution is 0.0602. The van der Waals surface area contributed by atoms with E-state index in [1.807, 2.05) is 0 Å². The number of ether oxygens (including phenoxy) is 1. The first-order valence-corrected chi connectivity index (χ1v) is 6.76. The molecule has 1 N–H and O–H groups in total. The van der Waals surface area contributed by atoms with Crippen molar-refractivity contribution in [1.82, 2.24) is 0 Å². The Bertz CT molecular complexity index is 703. The summed E-state index contributed by atoms with van der Waals surface area (Å²) in [6.07, 6.45) is 0. The normalized spacial score (nSPS) is 10.0. The van der Waals surface area contributed by atoms with Gasteiger partial charge in [0.2, 0.25) is 0 Å². The van der Waals surface area contributed by atoms with E-state index in [4.69, 9.17) is 0 Å². The number of carbonyl (C=O) groups excluding carboxylic acids is 2. The van der Waals surface area contributed by atoms with Crippen LogP contribution in [0.5, 0.6) is 0 Å². The summed E-state index contributed by atoms with van der Waals surface area (Å²) in [5.74, 6) is -1.87. The number of methoxy groups -OCH3 is 1. The Morgan fingerprint density at radius 1 is 1.14 bits per heavy atom. The van der Waals surface area contributed by atoms with E-state index < -0.39 is 17.7 Å². The average Bonchev–Trinajstić information content (AvgIpc) is 2.48. The number of benzene rings is 2. The van der Waals surface area contributed by atoms with Gasteiger partial charge < -0.3 is 10.1 Å². The lowest BCUT2D eigenvalue weighted by Gasteiger charge is -2.10. The molecular formula is C15H11BrFNO3. The lowest BCUT2D eigenvalue weighted by Crippen LogP contribution is -2.16. The van der Waals surface area contributed by atoms with Crippen molar-refractivity contribution in [3.63, 3.8) is 0 Å². The summed E-state index contributed by atoms with van der Waals surface area (Å²) in [6.45, 7) is 0. The number of halogens is 2. The third kappa shape index (κ3) is 3.46. The SMILES string of the molecule is COC(=O)c1cc(Br)ccc1NC(=O)c1ccccc1F. The van der Waals surface area contributed by atoms with Crippen molar-refractivity contribution in [3.05, 3.63) is 63.9 Å². The van der Waals surface area contributed by atoms with Crippen molar-refractivity contribution >= 4 is 33.5 Å². The Balaban J connectivity index is 2.34. The van der Waals surface area contributed by atoms with Crippen molar-refractivity contribution in [1.29, 1.82) is 0 Å². The van der Waals surface area contributed by atoms with Crippen molar-refractivity contribution < 1.29 is 18.7 Å². The van der Waals surface area contributed by atoms with E-state index in [0.717, 1.165) is 0 Å². The van der Waals surface area contributed by atoms with Crippen molar-refractivity contribution in [2.75, 3.05) is 12.4 Å². The molecule has 6 heteroatoms. The minimum atomic E-state index is -0.638. The molecule has 0 saturated heterocycles. The maximum absolute atomic E-state index is 13.6. The van der Waals surface area contributed by atoms with Gasteiger partial charge in [-0.05, 0) is 30.3 Å². The summed E-state index contributed by atoms with van der Waals surface area (Å²) in [5, 5.41) is 2.51. The smallest absolute Gasteiger partial charge is 0.340 e. The van der Waals surface area contributed by atoms with E-state index in [9.17, 15) is 14.0 Å². The first-order valence-electron chi connectivity index (χ1n) is 5.96. The molecule has 0 radical (unpaired) electrons. The van der Waals surface area contributed by atoms with E-state index in [2.05, 4.69) is 26.0 Å². The number of hydrogen-bond donors (Lipinski definition) is 1. The highest BCUT2D eigenvalue weighted by atomic mass is 79.9. The van der Waals surface area contributed by atoms with Crippen LogP contribution in [0.1, 0.15) is 20.7 Å².